The maximum absolute atomic E-state index is 10.4. The number of hydrogen-bond acceptors (Lipinski definition) is 2. The maximum atomic E-state index is 10.4. The molecule has 122 valence electrons. The first-order valence-electron chi connectivity index (χ1n) is 8.77. The van der Waals surface area contributed by atoms with E-state index in [1.165, 1.54) is 37.0 Å². The minimum absolute atomic E-state index is 0.318. The molecular weight excluding hydrogens is 287 g/mol. The second kappa shape index (κ2) is 7.67. The Morgan fingerprint density at radius 3 is 2.83 bits per heavy atom. The van der Waals surface area contributed by atoms with Crippen LogP contribution >= 0.6 is 0 Å². The Bertz CT molecular complexity index is 606. The molecule has 0 aromatic carbocycles. The number of carbonyl (C=O) groups is 1. The fourth-order valence-electron chi connectivity index (χ4n) is 3.51. The van der Waals surface area contributed by atoms with Crippen molar-refractivity contribution in [3.63, 3.8) is 0 Å². The molecule has 0 saturated heterocycles. The van der Waals surface area contributed by atoms with Crippen LogP contribution in [0.2, 0.25) is 0 Å². The van der Waals surface area contributed by atoms with Crippen molar-refractivity contribution < 1.29 is 9.90 Å². The summed E-state index contributed by atoms with van der Waals surface area (Å²) < 4.78 is 2.30. The molecule has 1 unspecified atom stereocenters. The fraction of sp³-hybridized carbons (Fsp3) is 0.556. The van der Waals surface area contributed by atoms with Crippen LogP contribution in [0.3, 0.4) is 0 Å². The van der Waals surface area contributed by atoms with Crippen LogP contribution in [-0.2, 0) is 11.5 Å². The summed E-state index contributed by atoms with van der Waals surface area (Å²) in [5.41, 5.74) is 2.64. The first-order chi connectivity index (χ1) is 11.2. The molecule has 2 aliphatic rings. The van der Waals surface area contributed by atoms with Crippen LogP contribution in [-0.4, -0.2) is 39.5 Å². The van der Waals surface area contributed by atoms with Gasteiger partial charge in [0.05, 0.1) is 0 Å². The Hall–Kier alpha value is -1.78. The van der Waals surface area contributed by atoms with E-state index in [1.54, 1.807) is 0 Å². The monoisotopic (exact) mass is 312 g/mol. The van der Waals surface area contributed by atoms with E-state index < -0.39 is 5.97 Å². The number of aromatic nitrogens is 1. The standard InChI is InChI=1S/C18H25BN2O2/c22-18(23)10-6-4-2-1-3-5-8-16-13-19-17-12-15-9-7-11-20(15)14-21(16)17/h7,9,11-13,16H,1-6,8,10,14H2,(H,22,23). The third-order valence-corrected chi connectivity index (χ3v) is 4.83. The van der Waals surface area contributed by atoms with Gasteiger partial charge in [-0.2, -0.15) is 0 Å². The van der Waals surface area contributed by atoms with Crippen molar-refractivity contribution in [1.82, 2.24) is 9.47 Å². The molecule has 0 fully saturated rings. The molecule has 2 aliphatic heterocycles. The Balaban J connectivity index is 1.33. The Labute approximate surface area is 138 Å². The van der Waals surface area contributed by atoms with Gasteiger partial charge in [-0.15, -0.1) is 0 Å². The predicted molar refractivity (Wildman–Crippen MR) is 94.4 cm³/mol. The minimum atomic E-state index is -0.672. The van der Waals surface area contributed by atoms with E-state index in [9.17, 15) is 4.79 Å². The second-order valence-electron chi connectivity index (χ2n) is 6.56. The molecule has 5 heteroatoms. The summed E-state index contributed by atoms with van der Waals surface area (Å²) in [5, 5.41) is 8.60. The summed E-state index contributed by atoms with van der Waals surface area (Å²) >= 11 is 0. The van der Waals surface area contributed by atoms with Gasteiger partial charge in [0.25, 0.3) is 0 Å². The van der Waals surface area contributed by atoms with Gasteiger partial charge in [-0.3, -0.25) is 0 Å². The topological polar surface area (TPSA) is 45.5 Å². The summed E-state index contributed by atoms with van der Waals surface area (Å²) in [5.74, 6) is 1.67. The molecule has 0 spiro atoms. The number of unbranched alkanes of at least 4 members (excludes halogenated alkanes) is 5. The zero-order valence-electron chi connectivity index (χ0n) is 13.7. The molecule has 0 bridgehead atoms. The van der Waals surface area contributed by atoms with Crippen molar-refractivity contribution in [2.24, 2.45) is 0 Å². The average Bonchev–Trinajstić information content (AvgIpc) is 3.13. The van der Waals surface area contributed by atoms with Gasteiger partial charge in [-0.05, 0) is 0 Å². The summed E-state index contributed by atoms with van der Waals surface area (Å²) in [6, 6.07) is 4.80. The van der Waals surface area contributed by atoms with E-state index in [-0.39, 0.29) is 0 Å². The van der Waals surface area contributed by atoms with Crippen molar-refractivity contribution in [1.29, 1.82) is 0 Å². The molecule has 4 nitrogen and oxygen atoms in total. The first kappa shape index (κ1) is 16.1. The molecule has 1 aromatic heterocycles. The van der Waals surface area contributed by atoms with Crippen LogP contribution < -0.4 is 0 Å². The Morgan fingerprint density at radius 1 is 1.22 bits per heavy atom. The van der Waals surface area contributed by atoms with Crippen LogP contribution in [0.4, 0.5) is 0 Å². The molecule has 0 aliphatic carbocycles. The molecule has 23 heavy (non-hydrogen) atoms. The van der Waals surface area contributed by atoms with E-state index in [1.807, 2.05) is 0 Å². The molecule has 3 heterocycles. The van der Waals surface area contributed by atoms with Crippen molar-refractivity contribution in [3.05, 3.63) is 29.6 Å². The van der Waals surface area contributed by atoms with Gasteiger partial charge in [0, 0.05) is 0 Å². The van der Waals surface area contributed by atoms with Crippen LogP contribution in [0.15, 0.2) is 23.9 Å². The van der Waals surface area contributed by atoms with Crippen molar-refractivity contribution in [3.8, 4) is 0 Å². The molecule has 1 N–H and O–H groups in total. The van der Waals surface area contributed by atoms with Gasteiger partial charge in [-0.25, -0.2) is 0 Å². The van der Waals surface area contributed by atoms with Crippen molar-refractivity contribution >= 4 is 24.9 Å². The van der Waals surface area contributed by atoms with Gasteiger partial charge in [-0.1, -0.05) is 0 Å². The van der Waals surface area contributed by atoms with E-state index >= 15 is 0 Å². The van der Waals surface area contributed by atoms with Gasteiger partial charge in [0.1, 0.15) is 0 Å². The normalized spacial score (nSPS) is 18.3. The van der Waals surface area contributed by atoms with Crippen molar-refractivity contribution in [2.45, 2.75) is 64.1 Å². The van der Waals surface area contributed by atoms with E-state index in [0.717, 1.165) is 25.9 Å². The molecular formula is C18H25BN2O2. The van der Waals surface area contributed by atoms with Gasteiger partial charge in [0.2, 0.25) is 0 Å². The Kier molecular flexibility index (Phi) is 5.37. The molecule has 0 saturated carbocycles. The number of aliphatic carboxylic acids is 1. The third kappa shape index (κ3) is 4.15. The van der Waals surface area contributed by atoms with Crippen LogP contribution in [0, 0.1) is 0 Å². The fourth-order valence-corrected chi connectivity index (χ4v) is 3.51. The number of rotatable bonds is 9. The molecule has 3 rings (SSSR count). The van der Waals surface area contributed by atoms with Gasteiger partial charge < -0.3 is 0 Å². The summed E-state index contributed by atoms with van der Waals surface area (Å²) in [4.78, 5) is 12.9. The quantitative estimate of drug-likeness (QED) is 0.563. The molecule has 0 amide bonds. The summed E-state index contributed by atoms with van der Waals surface area (Å²) in [6.07, 6.45) is 12.7. The zero-order chi connectivity index (χ0) is 16.1. The SMILES string of the molecule is O=C(O)CCCCCCCCC1C=BC2=Cc3cccn3CN21. The number of nitrogens with zero attached hydrogens (tertiary/aromatic N) is 2. The predicted octanol–water partition coefficient (Wildman–Crippen LogP) is 3.15. The number of carboxylic acids is 1. The van der Waals surface area contributed by atoms with E-state index in [2.05, 4.69) is 46.8 Å². The van der Waals surface area contributed by atoms with E-state index in [0.29, 0.717) is 12.5 Å². The first-order valence-corrected chi connectivity index (χ1v) is 8.77. The summed E-state index contributed by atoms with van der Waals surface area (Å²) in [6.45, 7) is 3.22. The molecule has 1 aromatic rings. The van der Waals surface area contributed by atoms with Crippen LogP contribution in [0.1, 0.15) is 57.1 Å². The second-order valence-corrected chi connectivity index (χ2v) is 6.56. The molecule has 1 atom stereocenters. The summed E-state index contributed by atoms with van der Waals surface area (Å²) in [7, 11) is 0. The zero-order valence-corrected chi connectivity index (χ0v) is 13.7. The Morgan fingerprint density at radius 2 is 2.00 bits per heavy atom. The number of hydrogen-bond donors (Lipinski definition) is 1. The molecule has 0 radical (unpaired) electrons. The van der Waals surface area contributed by atoms with E-state index in [4.69, 9.17) is 5.11 Å². The van der Waals surface area contributed by atoms with Crippen LogP contribution in [0.25, 0.3) is 6.08 Å². The van der Waals surface area contributed by atoms with Gasteiger partial charge >= 0.3 is 138 Å². The number of carboxylic acid groups (broad SMARTS) is 1. The van der Waals surface area contributed by atoms with Gasteiger partial charge in [0.15, 0.2) is 0 Å². The third-order valence-electron chi connectivity index (χ3n) is 4.83. The van der Waals surface area contributed by atoms with Crippen molar-refractivity contribution in [2.75, 3.05) is 0 Å². The number of fused-ring (bicyclic) bond motifs is 2. The average molecular weight is 312 g/mol. The van der Waals surface area contributed by atoms with Crippen LogP contribution in [0.5, 0.6) is 0 Å².